The first kappa shape index (κ1) is 10.4. The highest BCUT2D eigenvalue weighted by Crippen LogP contribution is 2.19. The van der Waals surface area contributed by atoms with E-state index >= 15 is 0 Å². The van der Waals surface area contributed by atoms with Crippen LogP contribution in [-0.4, -0.2) is 4.57 Å². The van der Waals surface area contributed by atoms with Crippen molar-refractivity contribution in [2.75, 3.05) is 0 Å². The molecule has 1 heterocycles. The van der Waals surface area contributed by atoms with Crippen LogP contribution in [0.5, 0.6) is 0 Å². The van der Waals surface area contributed by atoms with Gasteiger partial charge in [-0.1, -0.05) is 43.4 Å². The molecule has 0 fully saturated rings. The molecular formula is C13H15NS. The van der Waals surface area contributed by atoms with Crippen molar-refractivity contribution in [2.24, 2.45) is 0 Å². The van der Waals surface area contributed by atoms with Gasteiger partial charge in [0.1, 0.15) is 4.64 Å². The number of hydrogen-bond acceptors (Lipinski definition) is 1. The summed E-state index contributed by atoms with van der Waals surface area (Å²) >= 11 is 5.50. The van der Waals surface area contributed by atoms with Crippen LogP contribution in [0.15, 0.2) is 36.5 Å². The van der Waals surface area contributed by atoms with Crippen LogP contribution in [0.25, 0.3) is 10.8 Å². The molecule has 0 radical (unpaired) electrons. The minimum Gasteiger partial charge on any atom is -0.336 e. The molecule has 0 saturated carbocycles. The Kier molecular flexibility index (Phi) is 2.87. The molecule has 2 heteroatoms. The van der Waals surface area contributed by atoms with E-state index < -0.39 is 0 Å². The van der Waals surface area contributed by atoms with Crippen molar-refractivity contribution in [1.82, 2.24) is 4.57 Å². The molecule has 0 bridgehead atoms. The normalized spacial score (nSPS) is 12.9. The van der Waals surface area contributed by atoms with E-state index in [0.29, 0.717) is 6.04 Å². The molecule has 1 atom stereocenters. The van der Waals surface area contributed by atoms with Gasteiger partial charge in [-0.15, -0.1) is 0 Å². The third-order valence-electron chi connectivity index (χ3n) is 2.91. The highest BCUT2D eigenvalue weighted by molar-refractivity contribution is 7.71. The second-order valence-electron chi connectivity index (χ2n) is 3.87. The quantitative estimate of drug-likeness (QED) is 0.677. The Balaban J connectivity index is 2.71. The minimum absolute atomic E-state index is 0.474. The van der Waals surface area contributed by atoms with Gasteiger partial charge in [-0.2, -0.15) is 0 Å². The molecule has 1 aromatic heterocycles. The van der Waals surface area contributed by atoms with Crippen molar-refractivity contribution < 1.29 is 0 Å². The first-order valence-electron chi connectivity index (χ1n) is 5.34. The van der Waals surface area contributed by atoms with Gasteiger partial charge in [0.05, 0.1) is 0 Å². The zero-order chi connectivity index (χ0) is 10.8. The standard InChI is InChI=1S/C13H15NS/c1-3-10(2)14-9-8-11-6-4-5-7-12(11)13(14)15/h4-10H,3H2,1-2H3. The SMILES string of the molecule is CCC(C)n1ccc2ccccc2c1=S. The number of aromatic nitrogens is 1. The Bertz CT molecular complexity index is 527. The average Bonchev–Trinajstić information content (AvgIpc) is 2.29. The van der Waals surface area contributed by atoms with Gasteiger partial charge in [-0.05, 0) is 24.8 Å². The Morgan fingerprint density at radius 3 is 2.73 bits per heavy atom. The second-order valence-corrected chi connectivity index (χ2v) is 4.26. The molecule has 2 rings (SSSR count). The van der Waals surface area contributed by atoms with E-state index in [1.54, 1.807) is 0 Å². The molecular weight excluding hydrogens is 202 g/mol. The van der Waals surface area contributed by atoms with Crippen LogP contribution < -0.4 is 0 Å². The third kappa shape index (κ3) is 1.82. The van der Waals surface area contributed by atoms with Gasteiger partial charge < -0.3 is 4.57 Å². The van der Waals surface area contributed by atoms with Gasteiger partial charge in [0, 0.05) is 17.6 Å². The van der Waals surface area contributed by atoms with Gasteiger partial charge in [-0.3, -0.25) is 0 Å². The lowest BCUT2D eigenvalue weighted by molar-refractivity contribution is 0.525. The van der Waals surface area contributed by atoms with E-state index in [9.17, 15) is 0 Å². The van der Waals surface area contributed by atoms with Crippen LogP contribution in [0.3, 0.4) is 0 Å². The summed E-state index contributed by atoms with van der Waals surface area (Å²) in [6.07, 6.45) is 3.20. The Hall–Kier alpha value is -1.15. The van der Waals surface area contributed by atoms with Crippen LogP contribution in [0, 0.1) is 4.64 Å². The van der Waals surface area contributed by atoms with Gasteiger partial charge >= 0.3 is 0 Å². The molecule has 2 aromatic rings. The van der Waals surface area contributed by atoms with Crippen molar-refractivity contribution in [2.45, 2.75) is 26.3 Å². The Labute approximate surface area is 95.4 Å². The van der Waals surface area contributed by atoms with Crippen LogP contribution >= 0.6 is 12.2 Å². The first-order chi connectivity index (χ1) is 7.24. The lowest BCUT2D eigenvalue weighted by Crippen LogP contribution is -2.05. The molecule has 0 aliphatic rings. The highest BCUT2D eigenvalue weighted by Gasteiger charge is 2.03. The summed E-state index contributed by atoms with van der Waals surface area (Å²) in [6, 6.07) is 10.9. The predicted molar refractivity (Wildman–Crippen MR) is 67.8 cm³/mol. The van der Waals surface area contributed by atoms with E-state index in [0.717, 1.165) is 11.1 Å². The van der Waals surface area contributed by atoms with E-state index in [-0.39, 0.29) is 0 Å². The number of benzene rings is 1. The number of fused-ring (bicyclic) bond motifs is 1. The Morgan fingerprint density at radius 1 is 1.27 bits per heavy atom. The minimum atomic E-state index is 0.474. The molecule has 0 N–H and O–H groups in total. The molecule has 0 saturated heterocycles. The zero-order valence-electron chi connectivity index (χ0n) is 9.10. The maximum Gasteiger partial charge on any atom is 0.114 e. The van der Waals surface area contributed by atoms with E-state index in [1.807, 2.05) is 12.1 Å². The smallest absolute Gasteiger partial charge is 0.114 e. The van der Waals surface area contributed by atoms with E-state index in [1.165, 1.54) is 10.8 Å². The van der Waals surface area contributed by atoms with Crippen LogP contribution in [-0.2, 0) is 0 Å². The fourth-order valence-electron chi connectivity index (χ4n) is 1.75. The average molecular weight is 217 g/mol. The number of pyridine rings is 1. The maximum atomic E-state index is 5.50. The number of rotatable bonds is 2. The predicted octanol–water partition coefficient (Wildman–Crippen LogP) is 4.34. The summed E-state index contributed by atoms with van der Waals surface area (Å²) in [5.41, 5.74) is 0. The van der Waals surface area contributed by atoms with Crippen LogP contribution in [0.1, 0.15) is 26.3 Å². The molecule has 0 aliphatic heterocycles. The molecule has 0 spiro atoms. The van der Waals surface area contributed by atoms with Gasteiger partial charge in [0.25, 0.3) is 0 Å². The summed E-state index contributed by atoms with van der Waals surface area (Å²) in [7, 11) is 0. The monoisotopic (exact) mass is 217 g/mol. The molecule has 1 aromatic carbocycles. The highest BCUT2D eigenvalue weighted by atomic mass is 32.1. The Morgan fingerprint density at radius 2 is 2.00 bits per heavy atom. The fraction of sp³-hybridized carbons (Fsp3) is 0.308. The molecule has 0 aliphatic carbocycles. The lowest BCUT2D eigenvalue weighted by Gasteiger charge is -2.15. The van der Waals surface area contributed by atoms with Gasteiger partial charge in [0.2, 0.25) is 0 Å². The molecule has 1 nitrogen and oxygen atoms in total. The summed E-state index contributed by atoms with van der Waals surface area (Å²) in [4.78, 5) is 0. The first-order valence-corrected chi connectivity index (χ1v) is 5.74. The lowest BCUT2D eigenvalue weighted by atomic mass is 10.1. The number of nitrogens with zero attached hydrogens (tertiary/aromatic N) is 1. The summed E-state index contributed by atoms with van der Waals surface area (Å²) in [6.45, 7) is 4.38. The third-order valence-corrected chi connectivity index (χ3v) is 3.34. The van der Waals surface area contributed by atoms with Crippen LogP contribution in [0.2, 0.25) is 0 Å². The van der Waals surface area contributed by atoms with Crippen molar-refractivity contribution in [3.8, 4) is 0 Å². The largest absolute Gasteiger partial charge is 0.336 e. The summed E-state index contributed by atoms with van der Waals surface area (Å²) in [5.74, 6) is 0. The molecule has 1 unspecified atom stereocenters. The molecule has 0 amide bonds. The topological polar surface area (TPSA) is 4.93 Å². The molecule has 78 valence electrons. The van der Waals surface area contributed by atoms with E-state index in [2.05, 4.69) is 42.8 Å². The summed E-state index contributed by atoms with van der Waals surface area (Å²) < 4.78 is 3.12. The van der Waals surface area contributed by atoms with Crippen molar-refractivity contribution in [3.05, 3.63) is 41.2 Å². The zero-order valence-corrected chi connectivity index (χ0v) is 9.92. The molecule has 15 heavy (non-hydrogen) atoms. The summed E-state index contributed by atoms with van der Waals surface area (Å²) in [5, 5.41) is 2.40. The van der Waals surface area contributed by atoms with Crippen molar-refractivity contribution >= 4 is 23.0 Å². The van der Waals surface area contributed by atoms with E-state index in [4.69, 9.17) is 12.2 Å². The van der Waals surface area contributed by atoms with Crippen LogP contribution in [0.4, 0.5) is 0 Å². The van der Waals surface area contributed by atoms with Crippen molar-refractivity contribution in [3.63, 3.8) is 0 Å². The maximum absolute atomic E-state index is 5.50. The van der Waals surface area contributed by atoms with Gasteiger partial charge in [0.15, 0.2) is 0 Å². The number of hydrogen-bond donors (Lipinski definition) is 0. The fourth-order valence-corrected chi connectivity index (χ4v) is 2.17. The van der Waals surface area contributed by atoms with Gasteiger partial charge in [-0.25, -0.2) is 0 Å². The van der Waals surface area contributed by atoms with Crippen molar-refractivity contribution in [1.29, 1.82) is 0 Å². The second kappa shape index (κ2) is 4.15.